The van der Waals surface area contributed by atoms with Crippen molar-refractivity contribution in [3.8, 4) is 0 Å². The van der Waals surface area contributed by atoms with E-state index >= 15 is 0 Å². The standard InChI is InChI=1S/C13H18N2O3/c16-12(17)7-9-1-3-10(4-2-9)13(18)15-11-5-6-14-8-11/h5-6,8-10,14H,1-4,7H2,(H,15,18)(H,16,17). The molecule has 0 saturated heterocycles. The van der Waals surface area contributed by atoms with Crippen LogP contribution in [-0.2, 0) is 9.59 Å². The summed E-state index contributed by atoms with van der Waals surface area (Å²) in [6, 6.07) is 1.81. The number of amides is 1. The Bertz CT molecular complexity index is 406. The van der Waals surface area contributed by atoms with E-state index < -0.39 is 5.97 Å². The third-order valence-electron chi connectivity index (χ3n) is 3.55. The van der Waals surface area contributed by atoms with Gasteiger partial charge in [0.1, 0.15) is 0 Å². The number of aromatic amines is 1. The Morgan fingerprint density at radius 1 is 1.33 bits per heavy atom. The molecule has 98 valence electrons. The van der Waals surface area contributed by atoms with E-state index in [1.54, 1.807) is 12.4 Å². The summed E-state index contributed by atoms with van der Waals surface area (Å²) in [6.45, 7) is 0. The molecule has 1 aliphatic carbocycles. The molecule has 0 aliphatic heterocycles. The highest BCUT2D eigenvalue weighted by Gasteiger charge is 2.27. The van der Waals surface area contributed by atoms with Crippen molar-refractivity contribution < 1.29 is 14.7 Å². The first kappa shape index (κ1) is 12.7. The number of carbonyl (C=O) groups excluding carboxylic acids is 1. The summed E-state index contributed by atoms with van der Waals surface area (Å²) in [4.78, 5) is 25.5. The van der Waals surface area contributed by atoms with E-state index in [-0.39, 0.29) is 24.2 Å². The summed E-state index contributed by atoms with van der Waals surface area (Å²) in [5.41, 5.74) is 0.785. The largest absolute Gasteiger partial charge is 0.481 e. The van der Waals surface area contributed by atoms with Crippen LogP contribution in [0.15, 0.2) is 18.5 Å². The maximum atomic E-state index is 12.0. The van der Waals surface area contributed by atoms with Gasteiger partial charge in [-0.15, -0.1) is 0 Å². The zero-order valence-electron chi connectivity index (χ0n) is 10.2. The third-order valence-corrected chi connectivity index (χ3v) is 3.55. The summed E-state index contributed by atoms with van der Waals surface area (Å²) >= 11 is 0. The molecule has 1 amide bonds. The third kappa shape index (κ3) is 3.35. The van der Waals surface area contributed by atoms with E-state index in [1.165, 1.54) is 0 Å². The number of nitrogens with one attached hydrogen (secondary N) is 2. The van der Waals surface area contributed by atoms with Crippen molar-refractivity contribution in [2.75, 3.05) is 5.32 Å². The Labute approximate surface area is 106 Å². The van der Waals surface area contributed by atoms with Gasteiger partial charge in [-0.1, -0.05) is 0 Å². The van der Waals surface area contributed by atoms with Crippen molar-refractivity contribution in [3.05, 3.63) is 18.5 Å². The molecule has 1 fully saturated rings. The fourth-order valence-electron chi connectivity index (χ4n) is 2.52. The number of carboxylic acids is 1. The maximum Gasteiger partial charge on any atom is 0.303 e. The Balaban J connectivity index is 1.79. The van der Waals surface area contributed by atoms with E-state index in [9.17, 15) is 9.59 Å². The minimum Gasteiger partial charge on any atom is -0.481 e. The van der Waals surface area contributed by atoms with Crippen molar-refractivity contribution in [3.63, 3.8) is 0 Å². The second-order valence-electron chi connectivity index (χ2n) is 4.90. The number of H-pyrrole nitrogens is 1. The first-order valence-electron chi connectivity index (χ1n) is 6.30. The summed E-state index contributed by atoms with van der Waals surface area (Å²) in [5, 5.41) is 11.6. The lowest BCUT2D eigenvalue weighted by atomic mass is 9.80. The monoisotopic (exact) mass is 250 g/mol. The topological polar surface area (TPSA) is 82.2 Å². The van der Waals surface area contributed by atoms with Gasteiger partial charge in [-0.25, -0.2) is 0 Å². The maximum absolute atomic E-state index is 12.0. The van der Waals surface area contributed by atoms with Crippen molar-refractivity contribution in [2.24, 2.45) is 11.8 Å². The van der Waals surface area contributed by atoms with Gasteiger partial charge >= 0.3 is 5.97 Å². The SMILES string of the molecule is O=C(O)CC1CCC(C(=O)Nc2cc[nH]c2)CC1. The van der Waals surface area contributed by atoms with Crippen LogP contribution in [0.5, 0.6) is 0 Å². The fourth-order valence-corrected chi connectivity index (χ4v) is 2.52. The van der Waals surface area contributed by atoms with Gasteiger partial charge in [0.2, 0.25) is 5.91 Å². The second kappa shape index (κ2) is 5.71. The lowest BCUT2D eigenvalue weighted by Gasteiger charge is -2.26. The Morgan fingerprint density at radius 3 is 2.61 bits per heavy atom. The van der Waals surface area contributed by atoms with E-state index in [0.717, 1.165) is 31.4 Å². The minimum atomic E-state index is -0.741. The fraction of sp³-hybridized carbons (Fsp3) is 0.538. The smallest absolute Gasteiger partial charge is 0.303 e. The lowest BCUT2D eigenvalue weighted by Crippen LogP contribution is -2.27. The molecule has 0 radical (unpaired) electrons. The molecule has 1 aliphatic rings. The summed E-state index contributed by atoms with van der Waals surface area (Å²) in [6.07, 6.45) is 6.97. The quantitative estimate of drug-likeness (QED) is 0.766. The molecule has 0 unspecified atom stereocenters. The molecule has 0 atom stereocenters. The number of hydrogen-bond acceptors (Lipinski definition) is 2. The number of aliphatic carboxylic acids is 1. The normalized spacial score (nSPS) is 23.6. The molecule has 1 aromatic heterocycles. The molecule has 3 N–H and O–H groups in total. The Morgan fingerprint density at radius 2 is 2.06 bits per heavy atom. The Kier molecular flexibility index (Phi) is 4.02. The van der Waals surface area contributed by atoms with Crippen LogP contribution in [0, 0.1) is 11.8 Å². The van der Waals surface area contributed by atoms with Crippen molar-refractivity contribution in [1.29, 1.82) is 0 Å². The summed E-state index contributed by atoms with van der Waals surface area (Å²) < 4.78 is 0. The summed E-state index contributed by atoms with van der Waals surface area (Å²) in [7, 11) is 0. The molecule has 5 heteroatoms. The van der Waals surface area contributed by atoms with Crippen LogP contribution in [0.2, 0.25) is 0 Å². The molecule has 2 rings (SSSR count). The Hall–Kier alpha value is -1.78. The first-order valence-corrected chi connectivity index (χ1v) is 6.30. The number of anilines is 1. The predicted octanol–water partition coefficient (Wildman–Crippen LogP) is 2.23. The molecule has 1 aromatic rings. The molecule has 18 heavy (non-hydrogen) atoms. The zero-order valence-corrected chi connectivity index (χ0v) is 10.2. The number of hydrogen-bond donors (Lipinski definition) is 3. The van der Waals surface area contributed by atoms with Crippen LogP contribution in [0.3, 0.4) is 0 Å². The average molecular weight is 250 g/mol. The van der Waals surface area contributed by atoms with Gasteiger partial charge < -0.3 is 15.4 Å². The van der Waals surface area contributed by atoms with E-state index in [2.05, 4.69) is 10.3 Å². The molecule has 1 saturated carbocycles. The molecular formula is C13H18N2O3. The lowest BCUT2D eigenvalue weighted by molar-refractivity contribution is -0.138. The van der Waals surface area contributed by atoms with Crippen LogP contribution >= 0.6 is 0 Å². The van der Waals surface area contributed by atoms with Gasteiger partial charge in [0.15, 0.2) is 0 Å². The second-order valence-corrected chi connectivity index (χ2v) is 4.90. The predicted molar refractivity (Wildman–Crippen MR) is 67.1 cm³/mol. The summed E-state index contributed by atoms with van der Waals surface area (Å²) in [5.74, 6) is -0.442. The number of rotatable bonds is 4. The highest BCUT2D eigenvalue weighted by atomic mass is 16.4. The number of carbonyl (C=O) groups is 2. The highest BCUT2D eigenvalue weighted by Crippen LogP contribution is 2.31. The molecular weight excluding hydrogens is 232 g/mol. The highest BCUT2D eigenvalue weighted by molar-refractivity contribution is 5.92. The van der Waals surface area contributed by atoms with E-state index in [1.807, 2.05) is 6.07 Å². The number of carboxylic acid groups (broad SMARTS) is 1. The first-order chi connectivity index (χ1) is 8.65. The number of aromatic nitrogens is 1. The van der Waals surface area contributed by atoms with Crippen molar-refractivity contribution in [2.45, 2.75) is 32.1 Å². The van der Waals surface area contributed by atoms with Crippen molar-refractivity contribution >= 4 is 17.6 Å². The van der Waals surface area contributed by atoms with Gasteiger partial charge in [0.25, 0.3) is 0 Å². The van der Waals surface area contributed by atoms with Crippen LogP contribution < -0.4 is 5.32 Å². The van der Waals surface area contributed by atoms with Crippen LogP contribution in [0.1, 0.15) is 32.1 Å². The van der Waals surface area contributed by atoms with Crippen molar-refractivity contribution in [1.82, 2.24) is 4.98 Å². The molecule has 0 bridgehead atoms. The van der Waals surface area contributed by atoms with Crippen LogP contribution in [0.4, 0.5) is 5.69 Å². The van der Waals surface area contributed by atoms with Crippen LogP contribution in [-0.4, -0.2) is 22.0 Å². The van der Waals surface area contributed by atoms with Gasteiger partial charge in [-0.3, -0.25) is 9.59 Å². The van der Waals surface area contributed by atoms with Gasteiger partial charge in [-0.2, -0.15) is 0 Å². The average Bonchev–Trinajstić information content (AvgIpc) is 2.82. The minimum absolute atomic E-state index is 0.0185. The van der Waals surface area contributed by atoms with E-state index in [4.69, 9.17) is 5.11 Å². The molecule has 1 heterocycles. The van der Waals surface area contributed by atoms with Gasteiger partial charge in [0.05, 0.1) is 5.69 Å². The molecule has 5 nitrogen and oxygen atoms in total. The molecule has 0 aromatic carbocycles. The van der Waals surface area contributed by atoms with Gasteiger partial charge in [-0.05, 0) is 37.7 Å². The van der Waals surface area contributed by atoms with Gasteiger partial charge in [0, 0.05) is 24.7 Å². The van der Waals surface area contributed by atoms with E-state index in [0.29, 0.717) is 0 Å². The molecule has 0 spiro atoms. The zero-order chi connectivity index (χ0) is 13.0. The van der Waals surface area contributed by atoms with Crippen LogP contribution in [0.25, 0.3) is 0 Å².